The zero-order valence-corrected chi connectivity index (χ0v) is 9.89. The second-order valence-corrected chi connectivity index (χ2v) is 4.80. The van der Waals surface area contributed by atoms with Gasteiger partial charge in [-0.05, 0) is 38.1 Å². The predicted molar refractivity (Wildman–Crippen MR) is 63.5 cm³/mol. The summed E-state index contributed by atoms with van der Waals surface area (Å²) in [6.07, 6.45) is 6.48. The van der Waals surface area contributed by atoms with Gasteiger partial charge in [-0.2, -0.15) is 0 Å². The van der Waals surface area contributed by atoms with E-state index in [2.05, 4.69) is 25.3 Å². The summed E-state index contributed by atoms with van der Waals surface area (Å²) in [7, 11) is 0. The molecule has 82 valence electrons. The van der Waals surface area contributed by atoms with Crippen molar-refractivity contribution in [1.82, 2.24) is 4.90 Å². The van der Waals surface area contributed by atoms with Crippen LogP contribution in [0.2, 0.25) is 0 Å². The fraction of sp³-hybridized carbons (Fsp3) is 0.846. The predicted octanol–water partition coefficient (Wildman–Crippen LogP) is 3.46. The minimum absolute atomic E-state index is 0.906. The Bertz CT molecular complexity index is 174. The maximum absolute atomic E-state index is 4.12. The molecule has 1 rings (SSSR count). The molecule has 0 saturated carbocycles. The Balaban J connectivity index is 2.14. The Morgan fingerprint density at radius 2 is 2.21 bits per heavy atom. The molecule has 1 aliphatic rings. The largest absolute Gasteiger partial charge is 0.303 e. The van der Waals surface area contributed by atoms with Crippen molar-refractivity contribution in [3.63, 3.8) is 0 Å². The van der Waals surface area contributed by atoms with Gasteiger partial charge in [0, 0.05) is 13.1 Å². The second kappa shape index (κ2) is 6.23. The molecule has 1 aliphatic heterocycles. The lowest BCUT2D eigenvalue weighted by Crippen LogP contribution is -2.35. The first kappa shape index (κ1) is 11.8. The van der Waals surface area contributed by atoms with Crippen LogP contribution in [0.25, 0.3) is 0 Å². The SMILES string of the molecule is C=C(CCC)CCN1CCCC(C)C1. The summed E-state index contributed by atoms with van der Waals surface area (Å²) >= 11 is 0. The Morgan fingerprint density at radius 3 is 2.86 bits per heavy atom. The average Bonchev–Trinajstić information content (AvgIpc) is 2.15. The van der Waals surface area contributed by atoms with Crippen LogP contribution in [0.15, 0.2) is 12.2 Å². The first-order valence-corrected chi connectivity index (χ1v) is 6.11. The fourth-order valence-corrected chi connectivity index (χ4v) is 2.28. The van der Waals surface area contributed by atoms with Gasteiger partial charge in [0.2, 0.25) is 0 Å². The average molecular weight is 195 g/mol. The Labute approximate surface area is 89.2 Å². The summed E-state index contributed by atoms with van der Waals surface area (Å²) < 4.78 is 0. The molecule has 0 spiro atoms. The Kier molecular flexibility index (Phi) is 5.24. The van der Waals surface area contributed by atoms with Crippen molar-refractivity contribution >= 4 is 0 Å². The zero-order valence-electron chi connectivity index (χ0n) is 9.89. The van der Waals surface area contributed by atoms with Crippen molar-refractivity contribution in [2.75, 3.05) is 19.6 Å². The van der Waals surface area contributed by atoms with Gasteiger partial charge >= 0.3 is 0 Å². The molecule has 0 bridgehead atoms. The molecule has 1 saturated heterocycles. The van der Waals surface area contributed by atoms with Crippen molar-refractivity contribution in [2.24, 2.45) is 5.92 Å². The molecule has 0 aromatic carbocycles. The van der Waals surface area contributed by atoms with Gasteiger partial charge in [0.1, 0.15) is 0 Å². The van der Waals surface area contributed by atoms with Crippen LogP contribution in [-0.4, -0.2) is 24.5 Å². The van der Waals surface area contributed by atoms with E-state index in [-0.39, 0.29) is 0 Å². The standard InChI is InChI=1S/C13H25N/c1-4-6-12(2)8-10-14-9-5-7-13(3)11-14/h13H,2,4-11H2,1,3H3. The highest BCUT2D eigenvalue weighted by atomic mass is 15.1. The summed E-state index contributed by atoms with van der Waals surface area (Å²) in [6.45, 7) is 12.6. The minimum Gasteiger partial charge on any atom is -0.303 e. The molecule has 0 aromatic heterocycles. The molecule has 1 nitrogen and oxygen atoms in total. The highest BCUT2D eigenvalue weighted by Crippen LogP contribution is 2.17. The maximum Gasteiger partial charge on any atom is 0.00186 e. The Hall–Kier alpha value is -0.300. The van der Waals surface area contributed by atoms with Crippen LogP contribution in [-0.2, 0) is 0 Å². The molecule has 0 aliphatic carbocycles. The summed E-state index contributed by atoms with van der Waals surface area (Å²) in [5.74, 6) is 0.906. The van der Waals surface area contributed by atoms with E-state index in [1.807, 2.05) is 0 Å². The molecule has 0 N–H and O–H groups in total. The topological polar surface area (TPSA) is 3.24 Å². The third kappa shape index (κ3) is 4.28. The molecule has 1 atom stereocenters. The molecular weight excluding hydrogens is 170 g/mol. The molecule has 0 amide bonds. The number of likely N-dealkylation sites (tertiary alicyclic amines) is 1. The van der Waals surface area contributed by atoms with Gasteiger partial charge in [0.15, 0.2) is 0 Å². The third-order valence-corrected chi connectivity index (χ3v) is 3.13. The van der Waals surface area contributed by atoms with E-state index in [1.165, 1.54) is 57.3 Å². The van der Waals surface area contributed by atoms with Crippen LogP contribution in [0, 0.1) is 5.92 Å². The van der Waals surface area contributed by atoms with Crippen molar-refractivity contribution in [1.29, 1.82) is 0 Å². The normalized spacial score (nSPS) is 23.7. The zero-order chi connectivity index (χ0) is 10.4. The summed E-state index contributed by atoms with van der Waals surface area (Å²) in [5.41, 5.74) is 1.44. The van der Waals surface area contributed by atoms with Gasteiger partial charge in [0.05, 0.1) is 0 Å². The second-order valence-electron chi connectivity index (χ2n) is 4.80. The lowest BCUT2D eigenvalue weighted by molar-refractivity contribution is 0.185. The van der Waals surface area contributed by atoms with E-state index < -0.39 is 0 Å². The molecule has 1 heterocycles. The number of nitrogens with zero attached hydrogens (tertiary/aromatic N) is 1. The van der Waals surface area contributed by atoms with Crippen LogP contribution >= 0.6 is 0 Å². The number of hydrogen-bond acceptors (Lipinski definition) is 1. The van der Waals surface area contributed by atoms with Crippen LogP contribution in [0.5, 0.6) is 0 Å². The van der Waals surface area contributed by atoms with E-state index in [0.717, 1.165) is 5.92 Å². The molecule has 14 heavy (non-hydrogen) atoms. The van der Waals surface area contributed by atoms with Crippen molar-refractivity contribution in [3.8, 4) is 0 Å². The molecule has 0 radical (unpaired) electrons. The Morgan fingerprint density at radius 1 is 1.43 bits per heavy atom. The van der Waals surface area contributed by atoms with Crippen molar-refractivity contribution < 1.29 is 0 Å². The van der Waals surface area contributed by atoms with E-state index in [4.69, 9.17) is 0 Å². The number of rotatable bonds is 5. The maximum atomic E-state index is 4.12. The molecule has 1 fully saturated rings. The van der Waals surface area contributed by atoms with Gasteiger partial charge < -0.3 is 4.90 Å². The van der Waals surface area contributed by atoms with E-state index in [1.54, 1.807) is 0 Å². The quantitative estimate of drug-likeness (QED) is 0.607. The number of piperidine rings is 1. The lowest BCUT2D eigenvalue weighted by Gasteiger charge is -2.30. The van der Waals surface area contributed by atoms with E-state index in [0.29, 0.717) is 0 Å². The molecular formula is C13H25N. The summed E-state index contributed by atoms with van der Waals surface area (Å²) in [4.78, 5) is 2.61. The van der Waals surface area contributed by atoms with Crippen molar-refractivity contribution in [2.45, 2.75) is 46.0 Å². The van der Waals surface area contributed by atoms with Gasteiger partial charge in [-0.15, -0.1) is 0 Å². The summed E-state index contributed by atoms with van der Waals surface area (Å²) in [5, 5.41) is 0. The van der Waals surface area contributed by atoms with Crippen LogP contribution in [0.1, 0.15) is 46.0 Å². The third-order valence-electron chi connectivity index (χ3n) is 3.13. The first-order valence-electron chi connectivity index (χ1n) is 6.11. The molecule has 0 aromatic rings. The van der Waals surface area contributed by atoms with Crippen LogP contribution in [0.4, 0.5) is 0 Å². The van der Waals surface area contributed by atoms with Crippen LogP contribution in [0.3, 0.4) is 0 Å². The van der Waals surface area contributed by atoms with Crippen LogP contribution < -0.4 is 0 Å². The van der Waals surface area contributed by atoms with E-state index >= 15 is 0 Å². The van der Waals surface area contributed by atoms with Gasteiger partial charge in [-0.25, -0.2) is 0 Å². The van der Waals surface area contributed by atoms with Gasteiger partial charge in [0.25, 0.3) is 0 Å². The number of hydrogen-bond donors (Lipinski definition) is 0. The van der Waals surface area contributed by atoms with Gasteiger partial charge in [-0.1, -0.05) is 32.4 Å². The van der Waals surface area contributed by atoms with Gasteiger partial charge in [-0.3, -0.25) is 0 Å². The highest BCUT2D eigenvalue weighted by molar-refractivity contribution is 4.94. The smallest absolute Gasteiger partial charge is 0.00186 e. The highest BCUT2D eigenvalue weighted by Gasteiger charge is 2.15. The monoisotopic (exact) mass is 195 g/mol. The minimum atomic E-state index is 0.906. The van der Waals surface area contributed by atoms with E-state index in [9.17, 15) is 0 Å². The molecule has 1 heteroatoms. The van der Waals surface area contributed by atoms with Crippen molar-refractivity contribution in [3.05, 3.63) is 12.2 Å². The summed E-state index contributed by atoms with van der Waals surface area (Å²) in [6, 6.07) is 0. The molecule has 1 unspecified atom stereocenters. The fourth-order valence-electron chi connectivity index (χ4n) is 2.28. The lowest BCUT2D eigenvalue weighted by atomic mass is 9.99. The first-order chi connectivity index (χ1) is 6.72.